The van der Waals surface area contributed by atoms with E-state index in [1.165, 1.54) is 22.3 Å². The van der Waals surface area contributed by atoms with Crippen LogP contribution < -0.4 is 5.56 Å². The quantitative estimate of drug-likeness (QED) is 0.846. The number of hydrogen-bond acceptors (Lipinski definition) is 6. The molecule has 0 atom stereocenters. The van der Waals surface area contributed by atoms with Crippen molar-refractivity contribution in [1.82, 2.24) is 24.4 Å². The van der Waals surface area contributed by atoms with E-state index in [2.05, 4.69) is 26.8 Å². The number of aromatic nitrogens is 3. The first-order chi connectivity index (χ1) is 10.2. The van der Waals surface area contributed by atoms with Crippen molar-refractivity contribution in [3.8, 4) is 0 Å². The van der Waals surface area contributed by atoms with Gasteiger partial charge in [0.1, 0.15) is 5.01 Å². The summed E-state index contributed by atoms with van der Waals surface area (Å²) < 4.78 is 1.39. The lowest BCUT2D eigenvalue weighted by atomic mass is 10.3. The Bertz CT molecular complexity index is 680. The van der Waals surface area contributed by atoms with Crippen molar-refractivity contribution in [3.63, 3.8) is 0 Å². The van der Waals surface area contributed by atoms with Gasteiger partial charge >= 0.3 is 0 Å². The van der Waals surface area contributed by atoms with E-state index >= 15 is 0 Å². The first kappa shape index (κ1) is 14.6. The van der Waals surface area contributed by atoms with Crippen molar-refractivity contribution in [2.24, 2.45) is 0 Å². The molecule has 7 heteroatoms. The Morgan fingerprint density at radius 3 is 2.81 bits per heavy atom. The molecule has 0 aromatic carbocycles. The normalized spacial score (nSPS) is 18.2. The van der Waals surface area contributed by atoms with Crippen molar-refractivity contribution < 1.29 is 0 Å². The highest BCUT2D eigenvalue weighted by atomic mass is 32.1. The first-order valence-corrected chi connectivity index (χ1v) is 8.28. The highest BCUT2D eigenvalue weighted by molar-refractivity contribution is 7.16. The number of aryl methyl sites for hydroxylation is 1. The molecule has 3 heterocycles. The molecule has 0 unspecified atom stereocenters. The SMILES string of the molecule is CCN1CCCN(Cc2cc(=O)n3nc(C)sc3n2)CC1. The molecule has 0 spiro atoms. The van der Waals surface area contributed by atoms with E-state index < -0.39 is 0 Å². The zero-order valence-corrected chi connectivity index (χ0v) is 13.4. The first-order valence-electron chi connectivity index (χ1n) is 7.47. The van der Waals surface area contributed by atoms with Crippen molar-refractivity contribution in [2.45, 2.75) is 26.8 Å². The third kappa shape index (κ3) is 3.30. The molecule has 0 saturated carbocycles. The highest BCUT2D eigenvalue weighted by Gasteiger charge is 2.15. The van der Waals surface area contributed by atoms with Crippen LogP contribution in [0.15, 0.2) is 10.9 Å². The zero-order chi connectivity index (χ0) is 14.8. The largest absolute Gasteiger partial charge is 0.302 e. The summed E-state index contributed by atoms with van der Waals surface area (Å²) in [6.07, 6.45) is 1.18. The predicted molar refractivity (Wildman–Crippen MR) is 83.9 cm³/mol. The summed E-state index contributed by atoms with van der Waals surface area (Å²) in [5.41, 5.74) is 0.776. The molecule has 2 aromatic rings. The van der Waals surface area contributed by atoms with E-state index in [0.29, 0.717) is 4.96 Å². The minimum absolute atomic E-state index is 0.0793. The lowest BCUT2D eigenvalue weighted by molar-refractivity contribution is 0.255. The lowest BCUT2D eigenvalue weighted by Gasteiger charge is -2.20. The summed E-state index contributed by atoms with van der Waals surface area (Å²) in [5.74, 6) is 0. The van der Waals surface area contributed by atoms with Crippen LogP contribution in [0, 0.1) is 6.92 Å². The number of likely N-dealkylation sites (N-methyl/N-ethyl adjacent to an activating group) is 1. The van der Waals surface area contributed by atoms with Gasteiger partial charge in [-0.05, 0) is 33.0 Å². The van der Waals surface area contributed by atoms with Crippen LogP contribution in [0.4, 0.5) is 0 Å². The second kappa shape index (κ2) is 6.21. The van der Waals surface area contributed by atoms with Gasteiger partial charge in [-0.1, -0.05) is 18.3 Å². The molecule has 21 heavy (non-hydrogen) atoms. The molecular formula is C14H21N5OS. The number of rotatable bonds is 3. The summed E-state index contributed by atoms with van der Waals surface area (Å²) in [7, 11) is 0. The van der Waals surface area contributed by atoms with E-state index in [9.17, 15) is 4.79 Å². The molecule has 1 fully saturated rings. The van der Waals surface area contributed by atoms with Crippen LogP contribution >= 0.6 is 11.3 Å². The summed E-state index contributed by atoms with van der Waals surface area (Å²) >= 11 is 1.46. The van der Waals surface area contributed by atoms with Gasteiger partial charge in [0.25, 0.3) is 5.56 Å². The summed E-state index contributed by atoms with van der Waals surface area (Å²) in [6.45, 7) is 10.3. The van der Waals surface area contributed by atoms with Crippen LogP contribution in [0.1, 0.15) is 24.0 Å². The van der Waals surface area contributed by atoms with Crippen LogP contribution in [-0.2, 0) is 6.54 Å². The maximum absolute atomic E-state index is 12.1. The average Bonchev–Trinajstić information content (AvgIpc) is 2.69. The van der Waals surface area contributed by atoms with E-state index in [1.807, 2.05) is 6.92 Å². The molecule has 1 saturated heterocycles. The van der Waals surface area contributed by atoms with E-state index in [1.54, 1.807) is 6.07 Å². The second-order valence-corrected chi connectivity index (χ2v) is 6.63. The fraction of sp³-hybridized carbons (Fsp3) is 0.643. The van der Waals surface area contributed by atoms with Crippen molar-refractivity contribution in [1.29, 1.82) is 0 Å². The number of fused-ring (bicyclic) bond motifs is 1. The Morgan fingerprint density at radius 1 is 1.24 bits per heavy atom. The predicted octanol–water partition coefficient (Wildman–Crippen LogP) is 0.987. The average molecular weight is 307 g/mol. The van der Waals surface area contributed by atoms with Crippen LogP contribution in [0.3, 0.4) is 0 Å². The van der Waals surface area contributed by atoms with E-state index in [-0.39, 0.29) is 5.56 Å². The summed E-state index contributed by atoms with van der Waals surface area (Å²) in [5, 5.41) is 5.04. The Kier molecular flexibility index (Phi) is 4.32. The van der Waals surface area contributed by atoms with Crippen LogP contribution in [0.2, 0.25) is 0 Å². The molecule has 0 aliphatic carbocycles. The molecule has 114 valence electrons. The van der Waals surface area contributed by atoms with Gasteiger partial charge < -0.3 is 4.90 Å². The van der Waals surface area contributed by atoms with Gasteiger partial charge in [0.2, 0.25) is 4.96 Å². The highest BCUT2D eigenvalue weighted by Crippen LogP contribution is 2.11. The van der Waals surface area contributed by atoms with Crippen molar-refractivity contribution in [2.75, 3.05) is 32.7 Å². The van der Waals surface area contributed by atoms with Crippen LogP contribution in [0.5, 0.6) is 0 Å². The van der Waals surface area contributed by atoms with Gasteiger partial charge in [-0.15, -0.1) is 0 Å². The number of hydrogen-bond donors (Lipinski definition) is 0. The molecule has 0 amide bonds. The minimum Gasteiger partial charge on any atom is -0.302 e. The van der Waals surface area contributed by atoms with Gasteiger partial charge in [0, 0.05) is 25.7 Å². The van der Waals surface area contributed by atoms with Gasteiger partial charge in [-0.3, -0.25) is 9.69 Å². The molecule has 3 rings (SSSR count). The Balaban J connectivity index is 1.77. The Hall–Kier alpha value is -1.31. The van der Waals surface area contributed by atoms with Crippen molar-refractivity contribution >= 4 is 16.3 Å². The second-order valence-electron chi connectivity index (χ2n) is 5.47. The zero-order valence-electron chi connectivity index (χ0n) is 12.6. The molecule has 0 bridgehead atoms. The van der Waals surface area contributed by atoms with Crippen molar-refractivity contribution in [3.05, 3.63) is 27.1 Å². The molecular weight excluding hydrogens is 286 g/mol. The standard InChI is InChI=1S/C14H21N5OS/c1-3-17-5-4-6-18(8-7-17)10-12-9-13(20)19-14(15-12)21-11(2)16-19/h9H,3-8,10H2,1-2H3. The molecule has 6 nitrogen and oxygen atoms in total. The summed E-state index contributed by atoms with van der Waals surface area (Å²) in [6, 6.07) is 1.62. The monoisotopic (exact) mass is 307 g/mol. The van der Waals surface area contributed by atoms with Gasteiger partial charge in [0.05, 0.1) is 5.69 Å². The Morgan fingerprint density at radius 2 is 2.00 bits per heavy atom. The summed E-state index contributed by atoms with van der Waals surface area (Å²) in [4.78, 5) is 22.2. The molecule has 0 N–H and O–H groups in total. The third-order valence-electron chi connectivity index (χ3n) is 3.91. The Labute approximate surface area is 128 Å². The fourth-order valence-corrected chi connectivity index (χ4v) is 3.53. The van der Waals surface area contributed by atoms with Gasteiger partial charge in [-0.25, -0.2) is 4.98 Å². The van der Waals surface area contributed by atoms with E-state index in [4.69, 9.17) is 0 Å². The molecule has 1 aliphatic rings. The number of nitrogens with zero attached hydrogens (tertiary/aromatic N) is 5. The van der Waals surface area contributed by atoms with Gasteiger partial charge in [-0.2, -0.15) is 9.61 Å². The molecule has 1 aliphatic heterocycles. The third-order valence-corrected chi connectivity index (χ3v) is 4.74. The maximum Gasteiger partial charge on any atom is 0.275 e. The minimum atomic E-state index is -0.0793. The molecule has 2 aromatic heterocycles. The van der Waals surface area contributed by atoms with Crippen LogP contribution in [0.25, 0.3) is 4.96 Å². The van der Waals surface area contributed by atoms with Gasteiger partial charge in [0.15, 0.2) is 0 Å². The smallest absolute Gasteiger partial charge is 0.275 e. The topological polar surface area (TPSA) is 53.7 Å². The van der Waals surface area contributed by atoms with E-state index in [0.717, 1.165) is 50.0 Å². The van der Waals surface area contributed by atoms with Crippen LogP contribution in [-0.4, -0.2) is 57.1 Å². The molecule has 0 radical (unpaired) electrons. The fourth-order valence-electron chi connectivity index (χ4n) is 2.76. The maximum atomic E-state index is 12.1. The lowest BCUT2D eigenvalue weighted by Crippen LogP contribution is -2.31.